The first kappa shape index (κ1) is 21.6. The number of carbonyl (C=O) groups is 1. The minimum atomic E-state index is -0.123. The van der Waals surface area contributed by atoms with Crippen LogP contribution in [0.15, 0.2) is 73.6 Å². The molecule has 0 aliphatic carbocycles. The summed E-state index contributed by atoms with van der Waals surface area (Å²) in [6.07, 6.45) is 10.5. The van der Waals surface area contributed by atoms with Gasteiger partial charge in [0.15, 0.2) is 0 Å². The zero-order chi connectivity index (χ0) is 24.6. The van der Waals surface area contributed by atoms with Crippen LogP contribution in [0, 0.1) is 5.92 Å². The van der Waals surface area contributed by atoms with Gasteiger partial charge in [-0.2, -0.15) is 5.10 Å². The van der Waals surface area contributed by atoms with E-state index in [0.717, 1.165) is 55.7 Å². The quantitative estimate of drug-likeness (QED) is 0.315. The van der Waals surface area contributed by atoms with Crippen LogP contribution in [0.1, 0.15) is 13.8 Å². The van der Waals surface area contributed by atoms with Crippen LogP contribution < -0.4 is 5.32 Å². The lowest BCUT2D eigenvalue weighted by Crippen LogP contribution is -2.17. The van der Waals surface area contributed by atoms with Gasteiger partial charge in [0.1, 0.15) is 5.69 Å². The van der Waals surface area contributed by atoms with E-state index in [-0.39, 0.29) is 11.8 Å². The zero-order valence-corrected chi connectivity index (χ0v) is 19.6. The molecule has 0 aliphatic heterocycles. The van der Waals surface area contributed by atoms with E-state index < -0.39 is 0 Å². The number of fused-ring (bicyclic) bond motifs is 2. The normalized spacial score (nSPS) is 11.4. The summed E-state index contributed by atoms with van der Waals surface area (Å²) in [7, 11) is 0. The van der Waals surface area contributed by atoms with E-state index in [0.29, 0.717) is 5.69 Å². The topological polar surface area (TPSA) is 125 Å². The van der Waals surface area contributed by atoms with Gasteiger partial charge < -0.3 is 10.3 Å². The van der Waals surface area contributed by atoms with E-state index in [1.165, 1.54) is 0 Å². The first-order valence-corrected chi connectivity index (χ1v) is 11.6. The fraction of sp³-hybridized carbons (Fsp3) is 0.111. The third kappa shape index (κ3) is 3.86. The van der Waals surface area contributed by atoms with Crippen LogP contribution in [-0.2, 0) is 4.79 Å². The lowest BCUT2D eigenvalue weighted by atomic mass is 10.1. The number of hydrogen-bond acceptors (Lipinski definition) is 6. The summed E-state index contributed by atoms with van der Waals surface area (Å²) in [4.78, 5) is 33.3. The molecule has 9 heteroatoms. The molecule has 9 nitrogen and oxygen atoms in total. The van der Waals surface area contributed by atoms with E-state index in [1.54, 1.807) is 31.0 Å². The average Bonchev–Trinajstić information content (AvgIpc) is 3.53. The third-order valence-electron chi connectivity index (χ3n) is 6.01. The molecular weight excluding hydrogens is 452 g/mol. The molecule has 3 N–H and O–H groups in total. The molecule has 0 aliphatic rings. The number of aromatic nitrogens is 7. The Bertz CT molecular complexity index is 1720. The Morgan fingerprint density at radius 1 is 0.861 bits per heavy atom. The maximum atomic E-state index is 12.1. The average molecular weight is 475 g/mol. The molecule has 0 spiro atoms. The van der Waals surface area contributed by atoms with Crippen molar-refractivity contribution in [2.75, 3.05) is 5.32 Å². The Labute approximate surface area is 206 Å². The number of amides is 1. The molecule has 0 saturated carbocycles. The second-order valence-electron chi connectivity index (χ2n) is 8.84. The number of pyridine rings is 4. The van der Waals surface area contributed by atoms with Crippen LogP contribution in [0.3, 0.4) is 0 Å². The summed E-state index contributed by atoms with van der Waals surface area (Å²) in [5, 5.41) is 12.4. The van der Waals surface area contributed by atoms with E-state index in [9.17, 15) is 4.79 Å². The molecule has 0 aromatic carbocycles. The van der Waals surface area contributed by atoms with Crippen LogP contribution in [0.2, 0.25) is 0 Å². The highest BCUT2D eigenvalue weighted by Gasteiger charge is 2.16. The smallest absolute Gasteiger partial charge is 0.226 e. The summed E-state index contributed by atoms with van der Waals surface area (Å²) < 4.78 is 0. The molecule has 176 valence electrons. The second-order valence-corrected chi connectivity index (χ2v) is 8.84. The number of aromatic amines is 2. The van der Waals surface area contributed by atoms with Gasteiger partial charge in [-0.15, -0.1) is 0 Å². The first-order chi connectivity index (χ1) is 17.6. The Morgan fingerprint density at radius 2 is 1.72 bits per heavy atom. The van der Waals surface area contributed by atoms with Crippen LogP contribution in [-0.4, -0.2) is 41.0 Å². The molecule has 6 rings (SSSR count). The number of nitrogens with zero attached hydrogens (tertiary/aromatic N) is 5. The van der Waals surface area contributed by atoms with Gasteiger partial charge >= 0.3 is 0 Å². The maximum absolute atomic E-state index is 12.1. The molecule has 6 aromatic rings. The van der Waals surface area contributed by atoms with Crippen molar-refractivity contribution in [1.82, 2.24) is 35.1 Å². The van der Waals surface area contributed by atoms with Crippen molar-refractivity contribution in [2.45, 2.75) is 13.8 Å². The van der Waals surface area contributed by atoms with Crippen molar-refractivity contribution in [3.05, 3.63) is 73.6 Å². The predicted octanol–water partition coefficient (Wildman–Crippen LogP) is 5.22. The van der Waals surface area contributed by atoms with Gasteiger partial charge in [-0.25, -0.2) is 0 Å². The number of H-pyrrole nitrogens is 2. The molecule has 0 fully saturated rings. The van der Waals surface area contributed by atoms with Gasteiger partial charge in [-0.1, -0.05) is 13.8 Å². The van der Waals surface area contributed by atoms with Crippen LogP contribution in [0.5, 0.6) is 0 Å². The van der Waals surface area contributed by atoms with E-state index in [4.69, 9.17) is 0 Å². The monoisotopic (exact) mass is 474 g/mol. The van der Waals surface area contributed by atoms with Gasteiger partial charge in [0.25, 0.3) is 0 Å². The largest absolute Gasteiger partial charge is 0.353 e. The van der Waals surface area contributed by atoms with Crippen molar-refractivity contribution in [3.8, 4) is 33.9 Å². The molecule has 6 heterocycles. The predicted molar refractivity (Wildman–Crippen MR) is 139 cm³/mol. The maximum Gasteiger partial charge on any atom is 0.226 e. The van der Waals surface area contributed by atoms with Crippen molar-refractivity contribution in [1.29, 1.82) is 0 Å². The number of hydrogen-bond donors (Lipinski definition) is 3. The molecule has 0 atom stereocenters. The fourth-order valence-electron chi connectivity index (χ4n) is 4.13. The Balaban J connectivity index is 1.41. The summed E-state index contributed by atoms with van der Waals surface area (Å²) in [5.74, 6) is -0.185. The van der Waals surface area contributed by atoms with Gasteiger partial charge in [-0.05, 0) is 36.4 Å². The number of nitrogens with one attached hydrogen (secondary N) is 3. The van der Waals surface area contributed by atoms with Gasteiger partial charge in [0.05, 0.1) is 40.7 Å². The Kier molecular flexibility index (Phi) is 5.22. The van der Waals surface area contributed by atoms with Gasteiger partial charge in [-0.3, -0.25) is 29.8 Å². The van der Waals surface area contributed by atoms with E-state index >= 15 is 0 Å². The van der Waals surface area contributed by atoms with E-state index in [2.05, 4.69) is 46.5 Å². The molecule has 36 heavy (non-hydrogen) atoms. The lowest BCUT2D eigenvalue weighted by molar-refractivity contribution is -0.118. The minimum Gasteiger partial charge on any atom is -0.353 e. The van der Waals surface area contributed by atoms with E-state index in [1.807, 2.05) is 50.4 Å². The van der Waals surface area contributed by atoms with Crippen LogP contribution >= 0.6 is 0 Å². The number of anilines is 1. The molecule has 0 bridgehead atoms. The van der Waals surface area contributed by atoms with Crippen molar-refractivity contribution >= 4 is 33.4 Å². The van der Waals surface area contributed by atoms with Crippen molar-refractivity contribution in [3.63, 3.8) is 0 Å². The molecular formula is C27H22N8O. The summed E-state index contributed by atoms with van der Waals surface area (Å²) in [6, 6.07) is 11.8. The zero-order valence-electron chi connectivity index (χ0n) is 19.6. The molecule has 0 unspecified atom stereocenters. The lowest BCUT2D eigenvalue weighted by Gasteiger charge is -2.08. The molecule has 0 saturated heterocycles. The van der Waals surface area contributed by atoms with Crippen molar-refractivity contribution in [2.24, 2.45) is 5.92 Å². The standard InChI is InChI=1S/C27H22N8O/c1-15(2)27(36)32-18-8-17(12-29-13-18)22-9-20-24(14-31-22)34-35-26(20)23-10-19-21(33-23)5-7-30-25(19)16-4-3-6-28-11-16/h3-15,33H,1-2H3,(H,32,36)(H,34,35). The van der Waals surface area contributed by atoms with Crippen LogP contribution in [0.25, 0.3) is 55.7 Å². The fourth-order valence-corrected chi connectivity index (χ4v) is 4.13. The highest BCUT2D eigenvalue weighted by Crippen LogP contribution is 2.33. The minimum absolute atomic E-state index is 0.0616. The third-order valence-corrected chi connectivity index (χ3v) is 6.01. The molecule has 1 amide bonds. The highest BCUT2D eigenvalue weighted by atomic mass is 16.1. The van der Waals surface area contributed by atoms with Gasteiger partial charge in [0.2, 0.25) is 5.91 Å². The summed E-state index contributed by atoms with van der Waals surface area (Å²) in [6.45, 7) is 3.70. The van der Waals surface area contributed by atoms with Gasteiger partial charge in [0, 0.05) is 58.1 Å². The van der Waals surface area contributed by atoms with Crippen molar-refractivity contribution < 1.29 is 4.79 Å². The number of rotatable bonds is 5. The summed E-state index contributed by atoms with van der Waals surface area (Å²) in [5.41, 5.74) is 7.38. The Hall–Kier alpha value is -4.92. The Morgan fingerprint density at radius 3 is 2.56 bits per heavy atom. The van der Waals surface area contributed by atoms with Crippen LogP contribution in [0.4, 0.5) is 5.69 Å². The SMILES string of the molecule is CC(C)C(=O)Nc1cncc(-c2cc3c(-c4cc5c(-c6cccnc6)nccc5[nH]4)n[nH]c3cn2)c1. The summed E-state index contributed by atoms with van der Waals surface area (Å²) >= 11 is 0. The highest BCUT2D eigenvalue weighted by molar-refractivity contribution is 6.00. The number of carbonyl (C=O) groups excluding carboxylic acids is 1. The molecule has 0 radical (unpaired) electrons. The first-order valence-electron chi connectivity index (χ1n) is 11.6. The molecule has 6 aromatic heterocycles. The second kappa shape index (κ2) is 8.70.